The van der Waals surface area contributed by atoms with Crippen molar-refractivity contribution in [2.75, 3.05) is 46.4 Å². The van der Waals surface area contributed by atoms with Gasteiger partial charge in [0.1, 0.15) is 18.4 Å². The summed E-state index contributed by atoms with van der Waals surface area (Å²) in [6, 6.07) is 9.15. The Kier molecular flexibility index (Phi) is 6.87. The summed E-state index contributed by atoms with van der Waals surface area (Å²) in [5.74, 6) is 0.787. The molecule has 0 aromatic heterocycles. The highest BCUT2D eigenvalue weighted by Crippen LogP contribution is 2.09. The number of carbonyl (C=O) groups is 2. The topological polar surface area (TPSA) is 71.1 Å². The molecular formula is C17H25N3O4. The minimum Gasteiger partial charge on any atom is -0.492 e. The molecule has 0 radical (unpaired) electrons. The zero-order valence-corrected chi connectivity index (χ0v) is 14.2. The van der Waals surface area contributed by atoms with Crippen LogP contribution in [0.1, 0.15) is 6.92 Å². The average molecular weight is 335 g/mol. The van der Waals surface area contributed by atoms with Crippen molar-refractivity contribution in [2.24, 2.45) is 0 Å². The Hall–Kier alpha value is -2.28. The third kappa shape index (κ3) is 5.42. The van der Waals surface area contributed by atoms with E-state index in [9.17, 15) is 9.59 Å². The van der Waals surface area contributed by atoms with Crippen LogP contribution >= 0.6 is 0 Å². The second kappa shape index (κ2) is 9.12. The van der Waals surface area contributed by atoms with Gasteiger partial charge in [0.2, 0.25) is 5.91 Å². The van der Waals surface area contributed by atoms with E-state index in [0.29, 0.717) is 19.7 Å². The molecule has 24 heavy (non-hydrogen) atoms. The fraction of sp³-hybridized carbons (Fsp3) is 0.529. The number of nitrogens with one attached hydrogen (secondary N) is 1. The summed E-state index contributed by atoms with van der Waals surface area (Å²) in [4.78, 5) is 27.5. The molecule has 2 amide bonds. The van der Waals surface area contributed by atoms with Gasteiger partial charge in [-0.05, 0) is 19.1 Å². The monoisotopic (exact) mass is 335 g/mol. The van der Waals surface area contributed by atoms with Crippen LogP contribution in [-0.4, -0.2) is 74.3 Å². The van der Waals surface area contributed by atoms with Crippen LogP contribution in [0.3, 0.4) is 0 Å². The Morgan fingerprint density at radius 3 is 2.46 bits per heavy atom. The average Bonchev–Trinajstić information content (AvgIpc) is 2.62. The van der Waals surface area contributed by atoms with Gasteiger partial charge < -0.3 is 19.7 Å². The summed E-state index contributed by atoms with van der Waals surface area (Å²) in [5.41, 5.74) is 0. The van der Waals surface area contributed by atoms with E-state index in [0.717, 1.165) is 25.4 Å². The number of amides is 2. The smallest absolute Gasteiger partial charge is 0.407 e. The lowest BCUT2D eigenvalue weighted by Gasteiger charge is -2.35. The Balaban J connectivity index is 1.67. The third-order valence-corrected chi connectivity index (χ3v) is 3.99. The molecule has 1 aromatic rings. The summed E-state index contributed by atoms with van der Waals surface area (Å²) >= 11 is 0. The summed E-state index contributed by atoms with van der Waals surface area (Å²) < 4.78 is 10.2. The molecule has 1 heterocycles. The molecule has 0 unspecified atom stereocenters. The van der Waals surface area contributed by atoms with Gasteiger partial charge in [-0.2, -0.15) is 0 Å². The first-order valence-electron chi connectivity index (χ1n) is 8.13. The Bertz CT molecular complexity index is 530. The number of nitrogens with zero attached hydrogens (tertiary/aromatic N) is 2. The van der Waals surface area contributed by atoms with Crippen molar-refractivity contribution in [1.29, 1.82) is 0 Å². The number of alkyl carbamates (subject to hydrolysis) is 1. The van der Waals surface area contributed by atoms with Gasteiger partial charge in [0, 0.05) is 32.7 Å². The zero-order chi connectivity index (χ0) is 17.4. The first-order chi connectivity index (χ1) is 11.6. The highest BCUT2D eigenvalue weighted by Gasteiger charge is 2.25. The third-order valence-electron chi connectivity index (χ3n) is 3.99. The summed E-state index contributed by atoms with van der Waals surface area (Å²) in [6.07, 6.45) is -0.590. The van der Waals surface area contributed by atoms with Gasteiger partial charge in [-0.1, -0.05) is 18.2 Å². The molecule has 0 aliphatic carbocycles. The van der Waals surface area contributed by atoms with E-state index in [1.165, 1.54) is 7.11 Å². The van der Waals surface area contributed by atoms with Crippen LogP contribution in [0.15, 0.2) is 30.3 Å². The summed E-state index contributed by atoms with van der Waals surface area (Å²) in [6.45, 7) is 6.02. The summed E-state index contributed by atoms with van der Waals surface area (Å²) in [5, 5.41) is 2.50. The molecule has 1 atom stereocenters. The van der Waals surface area contributed by atoms with Gasteiger partial charge in [0.25, 0.3) is 0 Å². The predicted octanol–water partition coefficient (Wildman–Crippen LogP) is 0.954. The number of piperazine rings is 1. The molecule has 2 rings (SSSR count). The van der Waals surface area contributed by atoms with Crippen molar-refractivity contribution in [2.45, 2.75) is 13.0 Å². The highest BCUT2D eigenvalue weighted by atomic mass is 16.5. The minimum absolute atomic E-state index is 0.0828. The molecular weight excluding hydrogens is 310 g/mol. The molecule has 1 aromatic carbocycles. The van der Waals surface area contributed by atoms with Crippen molar-refractivity contribution >= 4 is 12.0 Å². The van der Waals surface area contributed by atoms with Crippen LogP contribution in [-0.2, 0) is 9.53 Å². The van der Waals surface area contributed by atoms with Crippen molar-refractivity contribution in [3.05, 3.63) is 30.3 Å². The van der Waals surface area contributed by atoms with E-state index in [1.807, 2.05) is 30.3 Å². The van der Waals surface area contributed by atoms with E-state index in [2.05, 4.69) is 15.0 Å². The SMILES string of the molecule is COC(=O)N[C@H](C)C(=O)N1CCN(CCOc2ccccc2)CC1. The van der Waals surface area contributed by atoms with Crippen LogP contribution in [0, 0.1) is 0 Å². The lowest BCUT2D eigenvalue weighted by Crippen LogP contribution is -2.54. The number of hydrogen-bond donors (Lipinski definition) is 1. The van der Waals surface area contributed by atoms with Gasteiger partial charge in [-0.3, -0.25) is 9.69 Å². The molecule has 0 saturated carbocycles. The van der Waals surface area contributed by atoms with Crippen molar-refractivity contribution in [3.8, 4) is 5.75 Å². The van der Waals surface area contributed by atoms with E-state index in [1.54, 1.807) is 11.8 Å². The first-order valence-corrected chi connectivity index (χ1v) is 8.13. The molecule has 1 saturated heterocycles. The number of rotatable bonds is 6. The Labute approximate surface area is 142 Å². The van der Waals surface area contributed by atoms with Crippen LogP contribution in [0.25, 0.3) is 0 Å². The fourth-order valence-electron chi connectivity index (χ4n) is 2.57. The number of carbonyl (C=O) groups excluding carboxylic acids is 2. The predicted molar refractivity (Wildman–Crippen MR) is 90.0 cm³/mol. The standard InChI is InChI=1S/C17H25N3O4/c1-14(18-17(22)23-2)16(21)20-10-8-19(9-11-20)12-13-24-15-6-4-3-5-7-15/h3-7,14H,8-13H2,1-2H3,(H,18,22)/t14-/m1/s1. The fourth-order valence-corrected chi connectivity index (χ4v) is 2.57. The van der Waals surface area contributed by atoms with Crippen LogP contribution in [0.4, 0.5) is 4.79 Å². The number of ether oxygens (including phenoxy) is 2. The van der Waals surface area contributed by atoms with Crippen LogP contribution in [0.5, 0.6) is 5.75 Å². The van der Waals surface area contributed by atoms with Crippen molar-refractivity contribution in [3.63, 3.8) is 0 Å². The maximum atomic E-state index is 12.3. The van der Waals surface area contributed by atoms with E-state index < -0.39 is 12.1 Å². The first kappa shape index (κ1) is 18.1. The van der Waals surface area contributed by atoms with Gasteiger partial charge in [-0.25, -0.2) is 4.79 Å². The molecule has 0 bridgehead atoms. The summed E-state index contributed by atoms with van der Waals surface area (Å²) in [7, 11) is 1.28. The van der Waals surface area contributed by atoms with E-state index in [-0.39, 0.29) is 5.91 Å². The van der Waals surface area contributed by atoms with Crippen LogP contribution in [0.2, 0.25) is 0 Å². The molecule has 1 aliphatic rings. The molecule has 1 fully saturated rings. The van der Waals surface area contributed by atoms with Gasteiger partial charge in [-0.15, -0.1) is 0 Å². The molecule has 7 nitrogen and oxygen atoms in total. The molecule has 7 heteroatoms. The molecule has 132 valence electrons. The van der Waals surface area contributed by atoms with Crippen LogP contribution < -0.4 is 10.1 Å². The van der Waals surface area contributed by atoms with Gasteiger partial charge in [0.15, 0.2) is 0 Å². The number of para-hydroxylation sites is 1. The zero-order valence-electron chi connectivity index (χ0n) is 14.2. The molecule has 1 N–H and O–H groups in total. The van der Waals surface area contributed by atoms with E-state index in [4.69, 9.17) is 4.74 Å². The normalized spacial score (nSPS) is 16.3. The minimum atomic E-state index is -0.590. The number of methoxy groups -OCH3 is 1. The second-order valence-electron chi connectivity index (χ2n) is 5.69. The molecule has 1 aliphatic heterocycles. The molecule has 0 spiro atoms. The lowest BCUT2D eigenvalue weighted by molar-refractivity contribution is -0.134. The number of benzene rings is 1. The lowest BCUT2D eigenvalue weighted by atomic mass is 10.2. The maximum absolute atomic E-state index is 12.3. The van der Waals surface area contributed by atoms with Crippen molar-refractivity contribution < 1.29 is 19.1 Å². The Morgan fingerprint density at radius 1 is 1.17 bits per heavy atom. The second-order valence-corrected chi connectivity index (χ2v) is 5.69. The highest BCUT2D eigenvalue weighted by molar-refractivity contribution is 5.85. The Morgan fingerprint density at radius 2 is 1.83 bits per heavy atom. The largest absolute Gasteiger partial charge is 0.492 e. The number of hydrogen-bond acceptors (Lipinski definition) is 5. The van der Waals surface area contributed by atoms with Gasteiger partial charge in [0.05, 0.1) is 7.11 Å². The maximum Gasteiger partial charge on any atom is 0.407 e. The van der Waals surface area contributed by atoms with E-state index >= 15 is 0 Å². The van der Waals surface area contributed by atoms with Crippen molar-refractivity contribution in [1.82, 2.24) is 15.1 Å². The van der Waals surface area contributed by atoms with Gasteiger partial charge >= 0.3 is 6.09 Å². The quantitative estimate of drug-likeness (QED) is 0.838.